The number of hydrogen-bond donors (Lipinski definition) is 1. The van der Waals surface area contributed by atoms with Crippen LogP contribution in [-0.4, -0.2) is 10.9 Å². The predicted molar refractivity (Wildman–Crippen MR) is 76.4 cm³/mol. The number of nitrogens with one attached hydrogen (secondary N) is 1. The Morgan fingerprint density at radius 2 is 1.94 bits per heavy atom. The molecule has 0 radical (unpaired) electrons. The number of nitrogens with zero attached hydrogens (tertiary/aromatic N) is 1. The molecule has 0 saturated heterocycles. The number of hydrogen-bond acceptors (Lipinski definition) is 2. The van der Waals surface area contributed by atoms with Crippen molar-refractivity contribution < 1.29 is 4.79 Å². The van der Waals surface area contributed by atoms with E-state index in [2.05, 4.69) is 10.3 Å². The van der Waals surface area contributed by atoms with Crippen molar-refractivity contribution in [1.82, 2.24) is 4.98 Å². The maximum absolute atomic E-state index is 12.0. The number of rotatable bonds is 2. The molecule has 0 bridgehead atoms. The summed E-state index contributed by atoms with van der Waals surface area (Å²) in [4.78, 5) is 16.0. The van der Waals surface area contributed by atoms with Crippen LogP contribution in [0.1, 0.15) is 10.5 Å². The van der Waals surface area contributed by atoms with Crippen LogP contribution in [-0.2, 0) is 0 Å². The summed E-state index contributed by atoms with van der Waals surface area (Å²) >= 11 is 7.94. The molecule has 0 spiro atoms. The predicted octanol–water partition coefficient (Wildman–Crippen LogP) is 3.59. The van der Waals surface area contributed by atoms with Crippen molar-refractivity contribution in [2.45, 2.75) is 0 Å². The molecule has 1 amide bonds. The molecular formula is C12H8ClIN2O. The largest absolute Gasteiger partial charge is 0.321 e. The Hall–Kier alpha value is -1.14. The Kier molecular flexibility index (Phi) is 3.96. The highest BCUT2D eigenvalue weighted by Gasteiger charge is 2.13. The highest BCUT2D eigenvalue weighted by Crippen LogP contribution is 2.20. The van der Waals surface area contributed by atoms with E-state index in [-0.39, 0.29) is 5.91 Å². The van der Waals surface area contributed by atoms with Gasteiger partial charge in [-0.3, -0.25) is 4.79 Å². The number of anilines is 1. The Bertz CT molecular complexity index is 545. The fourth-order valence-electron chi connectivity index (χ4n) is 1.29. The molecule has 0 atom stereocenters. The van der Waals surface area contributed by atoms with Crippen molar-refractivity contribution in [2.75, 3.05) is 5.32 Å². The maximum Gasteiger partial charge on any atom is 0.275 e. The zero-order valence-corrected chi connectivity index (χ0v) is 11.6. The Balaban J connectivity index is 2.24. The van der Waals surface area contributed by atoms with Crippen molar-refractivity contribution in [2.24, 2.45) is 0 Å². The zero-order valence-electron chi connectivity index (χ0n) is 8.65. The molecule has 2 aromatic rings. The molecule has 0 aliphatic carbocycles. The first-order valence-corrected chi connectivity index (χ1v) is 6.30. The Labute approximate surface area is 117 Å². The minimum atomic E-state index is -0.261. The third-order valence-electron chi connectivity index (χ3n) is 2.09. The third kappa shape index (κ3) is 2.95. The van der Waals surface area contributed by atoms with Crippen molar-refractivity contribution >= 4 is 45.8 Å². The van der Waals surface area contributed by atoms with Crippen molar-refractivity contribution in [1.29, 1.82) is 0 Å². The summed E-state index contributed by atoms with van der Waals surface area (Å²) in [7, 11) is 0. The molecule has 0 unspecified atom stereocenters. The summed E-state index contributed by atoms with van der Waals surface area (Å²) < 4.78 is 0.653. The number of para-hydroxylation sites is 1. The van der Waals surface area contributed by atoms with Crippen LogP contribution in [0, 0.1) is 3.57 Å². The minimum absolute atomic E-state index is 0.261. The average Bonchev–Trinajstić information content (AvgIpc) is 2.34. The number of carbonyl (C=O) groups is 1. The summed E-state index contributed by atoms with van der Waals surface area (Å²) in [5, 5.41) is 3.29. The summed E-state index contributed by atoms with van der Waals surface area (Å²) in [6.45, 7) is 0. The molecule has 86 valence electrons. The number of amides is 1. The molecule has 1 heterocycles. The van der Waals surface area contributed by atoms with Crippen LogP contribution >= 0.6 is 34.2 Å². The Morgan fingerprint density at radius 1 is 1.24 bits per heavy atom. The van der Waals surface area contributed by atoms with E-state index in [1.807, 2.05) is 52.9 Å². The van der Waals surface area contributed by atoms with E-state index < -0.39 is 0 Å². The summed E-state index contributed by atoms with van der Waals surface area (Å²) in [5.41, 5.74) is 1.07. The van der Waals surface area contributed by atoms with Crippen molar-refractivity contribution in [3.8, 4) is 0 Å². The van der Waals surface area contributed by atoms with Crippen LogP contribution in [0.25, 0.3) is 0 Å². The van der Waals surface area contributed by atoms with Gasteiger partial charge < -0.3 is 5.32 Å². The lowest BCUT2D eigenvalue weighted by molar-refractivity contribution is 0.102. The van der Waals surface area contributed by atoms with Gasteiger partial charge >= 0.3 is 0 Å². The lowest BCUT2D eigenvalue weighted by Gasteiger charge is -2.06. The van der Waals surface area contributed by atoms with Gasteiger partial charge in [0.25, 0.3) is 5.91 Å². The van der Waals surface area contributed by atoms with Gasteiger partial charge in [0.2, 0.25) is 0 Å². The molecule has 3 nitrogen and oxygen atoms in total. The molecule has 0 fully saturated rings. The third-order valence-corrected chi connectivity index (χ3v) is 3.81. The van der Waals surface area contributed by atoms with E-state index in [0.29, 0.717) is 14.3 Å². The van der Waals surface area contributed by atoms with Gasteiger partial charge in [-0.15, -0.1) is 0 Å². The van der Waals surface area contributed by atoms with Crippen LogP contribution in [0.2, 0.25) is 5.02 Å². The standard InChI is InChI=1S/C12H8ClIN2O/c13-9-6-7-15-11(10(9)14)12(17)16-8-4-2-1-3-5-8/h1-7H,(H,16,17). The van der Waals surface area contributed by atoms with Gasteiger partial charge in [-0.05, 0) is 40.8 Å². The second-order valence-corrected chi connectivity index (χ2v) is 4.76. The van der Waals surface area contributed by atoms with Gasteiger partial charge in [0.15, 0.2) is 0 Å². The van der Waals surface area contributed by atoms with E-state index in [1.165, 1.54) is 6.20 Å². The van der Waals surface area contributed by atoms with Crippen LogP contribution in [0.3, 0.4) is 0 Å². The molecule has 17 heavy (non-hydrogen) atoms. The summed E-state index contributed by atoms with van der Waals surface area (Å²) in [6, 6.07) is 10.9. The second kappa shape index (κ2) is 5.46. The zero-order chi connectivity index (χ0) is 12.3. The van der Waals surface area contributed by atoms with Crippen LogP contribution in [0.15, 0.2) is 42.6 Å². The fraction of sp³-hybridized carbons (Fsp3) is 0. The van der Waals surface area contributed by atoms with Crippen LogP contribution in [0.5, 0.6) is 0 Å². The first-order valence-electron chi connectivity index (χ1n) is 4.85. The van der Waals surface area contributed by atoms with E-state index >= 15 is 0 Å². The minimum Gasteiger partial charge on any atom is -0.321 e. The topological polar surface area (TPSA) is 42.0 Å². The molecule has 5 heteroatoms. The molecule has 1 aromatic carbocycles. The lowest BCUT2D eigenvalue weighted by Crippen LogP contribution is -2.15. The smallest absolute Gasteiger partial charge is 0.275 e. The maximum atomic E-state index is 12.0. The van der Waals surface area contributed by atoms with Gasteiger partial charge in [0, 0.05) is 11.9 Å². The van der Waals surface area contributed by atoms with E-state index in [4.69, 9.17) is 11.6 Å². The second-order valence-electron chi connectivity index (χ2n) is 3.28. The molecular weight excluding hydrogens is 351 g/mol. The first-order chi connectivity index (χ1) is 8.18. The molecule has 0 aliphatic heterocycles. The van der Waals surface area contributed by atoms with Crippen molar-refractivity contribution in [3.05, 3.63) is 56.9 Å². The van der Waals surface area contributed by atoms with Gasteiger partial charge in [-0.1, -0.05) is 29.8 Å². The van der Waals surface area contributed by atoms with Gasteiger partial charge in [-0.2, -0.15) is 0 Å². The molecule has 1 N–H and O–H groups in total. The van der Waals surface area contributed by atoms with E-state index in [0.717, 1.165) is 5.69 Å². The first kappa shape index (κ1) is 12.3. The molecule has 0 aliphatic rings. The molecule has 2 rings (SSSR count). The van der Waals surface area contributed by atoms with E-state index in [9.17, 15) is 4.79 Å². The summed E-state index contributed by atoms with van der Waals surface area (Å²) in [6.07, 6.45) is 1.52. The van der Waals surface area contributed by atoms with Crippen molar-refractivity contribution in [3.63, 3.8) is 0 Å². The molecule has 0 saturated carbocycles. The van der Waals surface area contributed by atoms with Gasteiger partial charge in [-0.25, -0.2) is 4.98 Å². The monoisotopic (exact) mass is 358 g/mol. The lowest BCUT2D eigenvalue weighted by atomic mass is 10.3. The van der Waals surface area contributed by atoms with Crippen LogP contribution < -0.4 is 5.32 Å². The molecule has 1 aromatic heterocycles. The number of carbonyl (C=O) groups excluding carboxylic acids is 1. The number of pyridine rings is 1. The van der Waals surface area contributed by atoms with Gasteiger partial charge in [0.05, 0.1) is 8.59 Å². The normalized spacial score (nSPS) is 10.0. The number of halogens is 2. The number of aromatic nitrogens is 1. The fourth-order valence-corrected chi connectivity index (χ4v) is 2.00. The number of benzene rings is 1. The summed E-state index contributed by atoms with van der Waals surface area (Å²) in [5.74, 6) is -0.261. The average molecular weight is 359 g/mol. The van der Waals surface area contributed by atoms with Crippen LogP contribution in [0.4, 0.5) is 5.69 Å². The van der Waals surface area contributed by atoms with Gasteiger partial charge in [0.1, 0.15) is 5.69 Å². The quantitative estimate of drug-likeness (QED) is 0.834. The van der Waals surface area contributed by atoms with E-state index in [1.54, 1.807) is 6.07 Å². The Morgan fingerprint density at radius 3 is 2.65 bits per heavy atom. The SMILES string of the molecule is O=C(Nc1ccccc1)c1nccc(Cl)c1I. The highest BCUT2D eigenvalue weighted by molar-refractivity contribution is 14.1. The highest BCUT2D eigenvalue weighted by atomic mass is 127.